The molecule has 1 aliphatic rings. The molecule has 0 aliphatic carbocycles. The van der Waals surface area contributed by atoms with E-state index >= 15 is 0 Å². The highest BCUT2D eigenvalue weighted by Crippen LogP contribution is 2.33. The number of nitrogens with zero attached hydrogens (tertiary/aromatic N) is 2. The molecule has 0 spiro atoms. The molecular formula is C20H20FN3O2S. The maximum absolute atomic E-state index is 13.9. The van der Waals surface area contributed by atoms with Crippen LogP contribution in [0.2, 0.25) is 0 Å². The van der Waals surface area contributed by atoms with Crippen LogP contribution in [-0.4, -0.2) is 37.4 Å². The average molecular weight is 385 g/mol. The number of likely N-dealkylation sites (N-methyl/N-ethyl adjacent to an activating group) is 1. The Kier molecular flexibility index (Phi) is 4.28. The number of benzene rings is 2. The fourth-order valence-corrected chi connectivity index (χ4v) is 4.77. The quantitative estimate of drug-likeness (QED) is 0.703. The van der Waals surface area contributed by atoms with Crippen LogP contribution in [0, 0.1) is 5.82 Å². The van der Waals surface area contributed by atoms with Gasteiger partial charge < -0.3 is 10.6 Å². The van der Waals surface area contributed by atoms with Crippen molar-refractivity contribution in [3.05, 3.63) is 66.1 Å². The molecular weight excluding hydrogens is 365 g/mol. The predicted octanol–water partition coefficient (Wildman–Crippen LogP) is 3.32. The second-order valence-corrected chi connectivity index (χ2v) is 8.63. The van der Waals surface area contributed by atoms with Crippen LogP contribution in [0.3, 0.4) is 0 Å². The number of rotatable bonds is 3. The summed E-state index contributed by atoms with van der Waals surface area (Å²) in [5.74, 6) is -0.389. The van der Waals surface area contributed by atoms with E-state index in [2.05, 4.69) is 11.0 Å². The van der Waals surface area contributed by atoms with Crippen molar-refractivity contribution in [3.63, 3.8) is 0 Å². The van der Waals surface area contributed by atoms with E-state index in [4.69, 9.17) is 5.73 Å². The molecule has 27 heavy (non-hydrogen) atoms. The van der Waals surface area contributed by atoms with Crippen LogP contribution in [-0.2, 0) is 10.0 Å². The molecule has 0 amide bonds. The molecule has 0 unspecified atom stereocenters. The van der Waals surface area contributed by atoms with E-state index in [1.54, 1.807) is 18.3 Å². The molecule has 1 aliphatic heterocycles. The Morgan fingerprint density at radius 3 is 2.52 bits per heavy atom. The van der Waals surface area contributed by atoms with Gasteiger partial charge in [-0.2, -0.15) is 0 Å². The first-order chi connectivity index (χ1) is 12.9. The van der Waals surface area contributed by atoms with E-state index in [0.717, 1.165) is 30.6 Å². The smallest absolute Gasteiger partial charge is 0.268 e. The predicted molar refractivity (Wildman–Crippen MR) is 105 cm³/mol. The molecule has 7 heteroatoms. The summed E-state index contributed by atoms with van der Waals surface area (Å²) in [6.07, 6.45) is 4.46. The largest absolute Gasteiger partial charge is 0.399 e. The maximum atomic E-state index is 13.9. The Bertz CT molecular complexity index is 1150. The minimum atomic E-state index is -3.82. The summed E-state index contributed by atoms with van der Waals surface area (Å²) in [7, 11) is -1.79. The summed E-state index contributed by atoms with van der Waals surface area (Å²) < 4.78 is 41.5. The van der Waals surface area contributed by atoms with Crippen molar-refractivity contribution in [2.45, 2.75) is 11.3 Å². The Balaban J connectivity index is 1.93. The lowest BCUT2D eigenvalue weighted by Crippen LogP contribution is -2.23. The van der Waals surface area contributed by atoms with E-state index in [-0.39, 0.29) is 10.7 Å². The summed E-state index contributed by atoms with van der Waals surface area (Å²) in [5, 5.41) is 0.602. The van der Waals surface area contributed by atoms with Crippen molar-refractivity contribution in [2.75, 3.05) is 25.9 Å². The number of halogens is 1. The van der Waals surface area contributed by atoms with Gasteiger partial charge in [0.25, 0.3) is 10.0 Å². The maximum Gasteiger partial charge on any atom is 0.268 e. The van der Waals surface area contributed by atoms with Gasteiger partial charge in [-0.05, 0) is 61.5 Å². The summed E-state index contributed by atoms with van der Waals surface area (Å²) in [4.78, 5) is 2.32. The van der Waals surface area contributed by atoms with Crippen molar-refractivity contribution in [2.24, 2.45) is 0 Å². The van der Waals surface area contributed by atoms with E-state index in [9.17, 15) is 12.8 Å². The topological polar surface area (TPSA) is 68.3 Å². The second kappa shape index (κ2) is 6.51. The normalized spacial score (nSPS) is 15.9. The molecule has 0 radical (unpaired) electrons. The fraction of sp³-hybridized carbons (Fsp3) is 0.200. The van der Waals surface area contributed by atoms with Crippen LogP contribution in [0.15, 0.2) is 59.6 Å². The third-order valence-electron chi connectivity index (χ3n) is 4.93. The minimum absolute atomic E-state index is 0.141. The zero-order chi connectivity index (χ0) is 19.2. The number of anilines is 1. The van der Waals surface area contributed by atoms with E-state index in [1.165, 1.54) is 34.3 Å². The van der Waals surface area contributed by atoms with Crippen molar-refractivity contribution in [3.8, 4) is 0 Å². The number of nitrogen functional groups attached to an aromatic ring is 1. The lowest BCUT2D eigenvalue weighted by Gasteiger charge is -2.21. The monoisotopic (exact) mass is 385 g/mol. The molecule has 5 nitrogen and oxygen atoms in total. The number of aromatic nitrogens is 1. The molecule has 0 bridgehead atoms. The van der Waals surface area contributed by atoms with Gasteiger partial charge in [0.1, 0.15) is 5.82 Å². The van der Waals surface area contributed by atoms with Gasteiger partial charge in [-0.15, -0.1) is 0 Å². The first-order valence-corrected chi connectivity index (χ1v) is 10.1. The fourth-order valence-electron chi connectivity index (χ4n) is 3.40. The van der Waals surface area contributed by atoms with Gasteiger partial charge in [0.05, 0.1) is 10.4 Å². The Labute approximate surface area is 157 Å². The highest BCUT2D eigenvalue weighted by Gasteiger charge is 2.23. The van der Waals surface area contributed by atoms with Gasteiger partial charge >= 0.3 is 0 Å². The van der Waals surface area contributed by atoms with Crippen LogP contribution in [0.4, 0.5) is 10.1 Å². The summed E-state index contributed by atoms with van der Waals surface area (Å²) >= 11 is 0. The zero-order valence-electron chi connectivity index (χ0n) is 14.9. The third-order valence-corrected chi connectivity index (χ3v) is 6.62. The molecule has 0 saturated heterocycles. The van der Waals surface area contributed by atoms with Crippen LogP contribution in [0.25, 0.3) is 16.5 Å². The molecule has 4 rings (SSSR count). The molecule has 140 valence electrons. The van der Waals surface area contributed by atoms with Crippen molar-refractivity contribution in [1.29, 1.82) is 0 Å². The lowest BCUT2D eigenvalue weighted by atomic mass is 9.99. The molecule has 2 heterocycles. The van der Waals surface area contributed by atoms with Gasteiger partial charge in [0.15, 0.2) is 0 Å². The SMILES string of the molecule is CN1CC=C(c2cn(S(=O)(=O)c3ccc(N)cc3)c3ccc(F)cc23)CC1. The van der Waals surface area contributed by atoms with Crippen LogP contribution in [0.5, 0.6) is 0 Å². The van der Waals surface area contributed by atoms with Gasteiger partial charge in [-0.25, -0.2) is 16.8 Å². The number of fused-ring (bicyclic) bond motifs is 1. The number of hydrogen-bond donors (Lipinski definition) is 1. The van der Waals surface area contributed by atoms with Crippen LogP contribution >= 0.6 is 0 Å². The van der Waals surface area contributed by atoms with Gasteiger partial charge in [-0.1, -0.05) is 6.08 Å². The van der Waals surface area contributed by atoms with Gasteiger partial charge in [0.2, 0.25) is 0 Å². The first kappa shape index (κ1) is 17.8. The highest BCUT2D eigenvalue weighted by molar-refractivity contribution is 7.90. The molecule has 2 aromatic carbocycles. The van der Waals surface area contributed by atoms with Crippen molar-refractivity contribution < 1.29 is 12.8 Å². The third kappa shape index (κ3) is 3.13. The Morgan fingerprint density at radius 2 is 1.85 bits per heavy atom. The lowest BCUT2D eigenvalue weighted by molar-refractivity contribution is 0.370. The minimum Gasteiger partial charge on any atom is -0.399 e. The van der Waals surface area contributed by atoms with Gasteiger partial charge in [0, 0.05) is 35.9 Å². The standard InChI is InChI=1S/C20H20FN3O2S/c1-23-10-8-14(9-11-23)19-13-24(20-7-2-15(21)12-18(19)20)27(25,26)17-5-3-16(22)4-6-17/h2-8,12-13H,9-11,22H2,1H3. The van der Waals surface area contributed by atoms with E-state index in [1.807, 2.05) is 7.05 Å². The first-order valence-electron chi connectivity index (χ1n) is 8.66. The Morgan fingerprint density at radius 1 is 1.11 bits per heavy atom. The van der Waals surface area contributed by atoms with E-state index < -0.39 is 10.0 Å². The molecule has 3 aromatic rings. The molecule has 2 N–H and O–H groups in total. The number of nitrogens with two attached hydrogens (primary N) is 1. The van der Waals surface area contributed by atoms with Gasteiger partial charge in [-0.3, -0.25) is 0 Å². The van der Waals surface area contributed by atoms with Crippen LogP contribution < -0.4 is 5.73 Å². The van der Waals surface area contributed by atoms with Crippen molar-refractivity contribution >= 4 is 32.2 Å². The average Bonchev–Trinajstić information content (AvgIpc) is 3.02. The molecule has 0 fully saturated rings. The zero-order valence-corrected chi connectivity index (χ0v) is 15.7. The molecule has 1 aromatic heterocycles. The highest BCUT2D eigenvalue weighted by atomic mass is 32.2. The summed E-state index contributed by atoms with van der Waals surface area (Å²) in [5.41, 5.74) is 8.42. The van der Waals surface area contributed by atoms with E-state index in [0.29, 0.717) is 16.6 Å². The molecule has 0 atom stereocenters. The second-order valence-electron chi connectivity index (χ2n) is 6.82. The number of hydrogen-bond acceptors (Lipinski definition) is 4. The van der Waals surface area contributed by atoms with Crippen LogP contribution in [0.1, 0.15) is 12.0 Å². The summed E-state index contributed by atoms with van der Waals surface area (Å²) in [6, 6.07) is 10.3. The molecule has 0 saturated carbocycles. The van der Waals surface area contributed by atoms with Crippen molar-refractivity contribution in [1.82, 2.24) is 8.87 Å². The summed E-state index contributed by atoms with van der Waals surface area (Å²) in [6.45, 7) is 1.65. The Hall–Kier alpha value is -2.64.